The summed E-state index contributed by atoms with van der Waals surface area (Å²) >= 11 is 6.53. The molecular formula is C16H17ClO3. The van der Waals surface area contributed by atoms with Crippen molar-refractivity contribution < 1.29 is 14.2 Å². The van der Waals surface area contributed by atoms with Gasteiger partial charge in [-0.3, -0.25) is 0 Å². The Hall–Kier alpha value is -1.87. The Balaban J connectivity index is 2.33. The number of hydrogen-bond donors (Lipinski definition) is 0. The van der Waals surface area contributed by atoms with Crippen LogP contribution in [0.2, 0.25) is 0 Å². The number of hydrogen-bond acceptors (Lipinski definition) is 3. The Morgan fingerprint density at radius 3 is 1.65 bits per heavy atom. The molecule has 0 saturated carbocycles. The van der Waals surface area contributed by atoms with Crippen molar-refractivity contribution in [3.63, 3.8) is 0 Å². The van der Waals surface area contributed by atoms with E-state index in [0.717, 1.165) is 28.4 Å². The van der Waals surface area contributed by atoms with E-state index in [-0.39, 0.29) is 5.38 Å². The zero-order valence-electron chi connectivity index (χ0n) is 11.7. The normalized spacial score (nSPS) is 11.8. The Labute approximate surface area is 124 Å². The summed E-state index contributed by atoms with van der Waals surface area (Å²) in [5.41, 5.74) is 1.91. The number of methoxy groups -OCH3 is 3. The molecule has 4 heteroatoms. The number of halogens is 1. The molecule has 2 rings (SSSR count). The monoisotopic (exact) mass is 292 g/mol. The lowest BCUT2D eigenvalue weighted by molar-refractivity contribution is 0.393. The van der Waals surface area contributed by atoms with Crippen LogP contribution in [0.3, 0.4) is 0 Å². The Bertz CT molecular complexity index is 544. The number of rotatable bonds is 5. The third-order valence-corrected chi connectivity index (χ3v) is 3.58. The van der Waals surface area contributed by atoms with Gasteiger partial charge in [0.05, 0.1) is 26.7 Å². The van der Waals surface area contributed by atoms with Crippen molar-refractivity contribution >= 4 is 11.6 Å². The van der Waals surface area contributed by atoms with Crippen LogP contribution in [0.25, 0.3) is 0 Å². The maximum atomic E-state index is 6.53. The van der Waals surface area contributed by atoms with Crippen molar-refractivity contribution in [1.82, 2.24) is 0 Å². The summed E-state index contributed by atoms with van der Waals surface area (Å²) in [4.78, 5) is 0. The third-order valence-electron chi connectivity index (χ3n) is 3.07. The summed E-state index contributed by atoms with van der Waals surface area (Å²) in [5.74, 6) is 2.25. The van der Waals surface area contributed by atoms with Crippen molar-refractivity contribution in [3.8, 4) is 17.2 Å². The fourth-order valence-electron chi connectivity index (χ4n) is 1.94. The van der Waals surface area contributed by atoms with Crippen LogP contribution >= 0.6 is 11.6 Å². The van der Waals surface area contributed by atoms with Gasteiger partial charge in [-0.1, -0.05) is 12.1 Å². The standard InChI is InChI=1S/C16H17ClO3/c1-18-13-6-4-11(5-7-13)16(17)12-8-14(19-2)10-15(9-12)20-3/h4-10,16H,1-3H3. The fraction of sp³-hybridized carbons (Fsp3) is 0.250. The molecule has 0 bridgehead atoms. The van der Waals surface area contributed by atoms with E-state index >= 15 is 0 Å². The zero-order chi connectivity index (χ0) is 14.5. The molecule has 1 atom stereocenters. The molecule has 0 fully saturated rings. The first-order valence-electron chi connectivity index (χ1n) is 6.19. The summed E-state index contributed by atoms with van der Waals surface area (Å²) in [6.07, 6.45) is 0. The first kappa shape index (κ1) is 14.5. The van der Waals surface area contributed by atoms with Gasteiger partial charge in [0.15, 0.2) is 0 Å². The highest BCUT2D eigenvalue weighted by Gasteiger charge is 2.13. The van der Waals surface area contributed by atoms with Gasteiger partial charge in [0.1, 0.15) is 17.2 Å². The molecule has 0 heterocycles. The largest absolute Gasteiger partial charge is 0.497 e. The number of alkyl halides is 1. The molecule has 0 radical (unpaired) electrons. The van der Waals surface area contributed by atoms with E-state index in [0.29, 0.717) is 0 Å². The van der Waals surface area contributed by atoms with E-state index in [4.69, 9.17) is 25.8 Å². The molecule has 0 amide bonds. The van der Waals surface area contributed by atoms with Gasteiger partial charge in [-0.15, -0.1) is 11.6 Å². The van der Waals surface area contributed by atoms with Crippen molar-refractivity contribution in [2.45, 2.75) is 5.38 Å². The Kier molecular flexibility index (Phi) is 4.74. The summed E-state index contributed by atoms with van der Waals surface area (Å²) in [6.45, 7) is 0. The van der Waals surface area contributed by atoms with Gasteiger partial charge in [0, 0.05) is 6.07 Å². The van der Waals surface area contributed by atoms with Gasteiger partial charge in [-0.05, 0) is 35.4 Å². The fourth-order valence-corrected chi connectivity index (χ4v) is 2.21. The quantitative estimate of drug-likeness (QED) is 0.779. The molecule has 106 valence electrons. The van der Waals surface area contributed by atoms with Crippen LogP contribution in [0.5, 0.6) is 17.2 Å². The molecule has 0 aliphatic rings. The molecule has 0 aliphatic heterocycles. The first-order chi connectivity index (χ1) is 9.67. The van der Waals surface area contributed by atoms with Crippen LogP contribution in [-0.4, -0.2) is 21.3 Å². The van der Waals surface area contributed by atoms with Crippen LogP contribution in [0.15, 0.2) is 42.5 Å². The van der Waals surface area contributed by atoms with E-state index in [1.807, 2.05) is 42.5 Å². The van der Waals surface area contributed by atoms with E-state index in [9.17, 15) is 0 Å². The minimum atomic E-state index is -0.273. The molecular weight excluding hydrogens is 276 g/mol. The van der Waals surface area contributed by atoms with Gasteiger partial charge in [-0.25, -0.2) is 0 Å². The average molecular weight is 293 g/mol. The molecule has 0 saturated heterocycles. The van der Waals surface area contributed by atoms with E-state index in [1.165, 1.54) is 0 Å². The molecule has 2 aromatic carbocycles. The van der Waals surface area contributed by atoms with Gasteiger partial charge in [-0.2, -0.15) is 0 Å². The number of ether oxygens (including phenoxy) is 3. The molecule has 0 N–H and O–H groups in total. The summed E-state index contributed by atoms with van der Waals surface area (Å²) in [6, 6.07) is 13.3. The average Bonchev–Trinajstić information content (AvgIpc) is 2.53. The van der Waals surface area contributed by atoms with Crippen LogP contribution in [0, 0.1) is 0 Å². The van der Waals surface area contributed by atoms with Gasteiger partial charge in [0.25, 0.3) is 0 Å². The van der Waals surface area contributed by atoms with E-state index in [2.05, 4.69) is 0 Å². The first-order valence-corrected chi connectivity index (χ1v) is 6.62. The van der Waals surface area contributed by atoms with Gasteiger partial charge < -0.3 is 14.2 Å². The topological polar surface area (TPSA) is 27.7 Å². The molecule has 3 nitrogen and oxygen atoms in total. The van der Waals surface area contributed by atoms with Crippen LogP contribution < -0.4 is 14.2 Å². The van der Waals surface area contributed by atoms with Crippen LogP contribution in [0.1, 0.15) is 16.5 Å². The summed E-state index contributed by atoms with van der Waals surface area (Å²) in [7, 11) is 4.88. The third kappa shape index (κ3) is 3.17. The Morgan fingerprint density at radius 1 is 0.700 bits per heavy atom. The predicted molar refractivity (Wildman–Crippen MR) is 80.2 cm³/mol. The summed E-state index contributed by atoms with van der Waals surface area (Å²) < 4.78 is 15.7. The predicted octanol–water partition coefficient (Wildman–Crippen LogP) is 4.04. The van der Waals surface area contributed by atoms with Crippen molar-refractivity contribution in [2.24, 2.45) is 0 Å². The Morgan fingerprint density at radius 2 is 1.20 bits per heavy atom. The molecule has 0 spiro atoms. The second kappa shape index (κ2) is 6.53. The maximum absolute atomic E-state index is 6.53. The van der Waals surface area contributed by atoms with Crippen molar-refractivity contribution in [2.75, 3.05) is 21.3 Å². The smallest absolute Gasteiger partial charge is 0.122 e. The SMILES string of the molecule is COc1ccc(C(Cl)c2cc(OC)cc(OC)c2)cc1. The minimum absolute atomic E-state index is 0.273. The second-order valence-electron chi connectivity index (χ2n) is 4.28. The number of benzene rings is 2. The second-order valence-corrected chi connectivity index (χ2v) is 4.72. The lowest BCUT2D eigenvalue weighted by Crippen LogP contribution is -1.96. The molecule has 1 unspecified atom stereocenters. The highest BCUT2D eigenvalue weighted by atomic mass is 35.5. The highest BCUT2D eigenvalue weighted by Crippen LogP contribution is 2.34. The van der Waals surface area contributed by atoms with E-state index < -0.39 is 0 Å². The highest BCUT2D eigenvalue weighted by molar-refractivity contribution is 6.22. The molecule has 2 aromatic rings. The van der Waals surface area contributed by atoms with E-state index in [1.54, 1.807) is 21.3 Å². The maximum Gasteiger partial charge on any atom is 0.122 e. The van der Waals surface area contributed by atoms with Crippen molar-refractivity contribution in [1.29, 1.82) is 0 Å². The zero-order valence-corrected chi connectivity index (χ0v) is 12.5. The molecule has 20 heavy (non-hydrogen) atoms. The van der Waals surface area contributed by atoms with Crippen LogP contribution in [0.4, 0.5) is 0 Å². The summed E-state index contributed by atoms with van der Waals surface area (Å²) in [5, 5.41) is -0.273. The lowest BCUT2D eigenvalue weighted by Gasteiger charge is -2.14. The lowest BCUT2D eigenvalue weighted by atomic mass is 10.0. The molecule has 0 aromatic heterocycles. The molecule has 0 aliphatic carbocycles. The van der Waals surface area contributed by atoms with Crippen LogP contribution in [-0.2, 0) is 0 Å². The minimum Gasteiger partial charge on any atom is -0.497 e. The van der Waals surface area contributed by atoms with Gasteiger partial charge >= 0.3 is 0 Å². The van der Waals surface area contributed by atoms with Gasteiger partial charge in [0.2, 0.25) is 0 Å². The van der Waals surface area contributed by atoms with Crippen molar-refractivity contribution in [3.05, 3.63) is 53.6 Å².